The second-order valence-electron chi connectivity index (χ2n) is 4.53. The molecular weight excluding hydrogens is 339 g/mol. The Bertz CT molecular complexity index is 424. The molecular formula is C12H15Cl2OSSiTi. The van der Waals surface area contributed by atoms with Gasteiger partial charge in [0, 0.05) is 0 Å². The van der Waals surface area contributed by atoms with Crippen LogP contribution in [0.2, 0.25) is 19.6 Å². The van der Waals surface area contributed by atoms with Crippen molar-refractivity contribution in [3.05, 3.63) is 34.6 Å². The van der Waals surface area contributed by atoms with Gasteiger partial charge in [-0.3, -0.25) is 0 Å². The van der Waals surface area contributed by atoms with Gasteiger partial charge in [-0.1, -0.05) is 6.42 Å². The van der Waals surface area contributed by atoms with Gasteiger partial charge in [-0.05, 0) is 36.0 Å². The zero-order valence-electron chi connectivity index (χ0n) is 10.6. The summed E-state index contributed by atoms with van der Waals surface area (Å²) in [5.41, 5.74) is 1.19. The van der Waals surface area contributed by atoms with E-state index in [0.717, 1.165) is 12.2 Å². The van der Waals surface area contributed by atoms with E-state index in [-0.39, 0.29) is 46.5 Å². The molecule has 0 atom stereocenters. The summed E-state index contributed by atoms with van der Waals surface area (Å²) in [7, 11) is -1.50. The average Bonchev–Trinajstić information content (AvgIpc) is 2.68. The molecule has 0 fully saturated rings. The molecule has 1 nitrogen and oxygen atoms in total. The third kappa shape index (κ3) is 5.64. The van der Waals surface area contributed by atoms with Gasteiger partial charge in [0.25, 0.3) is 0 Å². The molecule has 0 bridgehead atoms. The summed E-state index contributed by atoms with van der Waals surface area (Å²) in [6.45, 7) is 6.62. The fourth-order valence-corrected chi connectivity index (χ4v) is 3.19. The van der Waals surface area contributed by atoms with Crippen molar-refractivity contribution in [3.63, 3.8) is 0 Å². The van der Waals surface area contributed by atoms with Gasteiger partial charge in [-0.15, -0.1) is 6.08 Å². The fourth-order valence-electron chi connectivity index (χ4n) is 1.46. The Morgan fingerprint density at radius 1 is 1.28 bits per heavy atom. The van der Waals surface area contributed by atoms with Crippen LogP contribution in [0.4, 0.5) is 0 Å². The topological polar surface area (TPSA) is 9.23 Å². The third-order valence-electron chi connectivity index (χ3n) is 1.98. The smallest absolute Gasteiger partial charge is 1.00 e. The largest absolute Gasteiger partial charge is 3.00 e. The van der Waals surface area contributed by atoms with Crippen molar-refractivity contribution in [2.24, 2.45) is 0 Å². The predicted octanol–water partition coefficient (Wildman–Crippen LogP) is -1.89. The van der Waals surface area contributed by atoms with E-state index in [0.29, 0.717) is 0 Å². The Kier molecular flexibility index (Phi) is 9.96. The summed E-state index contributed by atoms with van der Waals surface area (Å²) >= 11 is 1.73. The van der Waals surface area contributed by atoms with E-state index in [4.69, 9.17) is 4.43 Å². The Balaban J connectivity index is 0. The van der Waals surface area contributed by atoms with E-state index in [1.807, 2.05) is 0 Å². The monoisotopic (exact) mass is 353 g/mol. The van der Waals surface area contributed by atoms with Gasteiger partial charge >= 0.3 is 21.7 Å². The average molecular weight is 354 g/mol. The summed E-state index contributed by atoms with van der Waals surface area (Å²) in [4.78, 5) is 1.23. The Labute approximate surface area is 142 Å². The maximum Gasteiger partial charge on any atom is 3.00 e. The minimum atomic E-state index is -1.50. The van der Waals surface area contributed by atoms with Crippen molar-refractivity contribution in [1.29, 1.82) is 0 Å². The molecule has 18 heavy (non-hydrogen) atoms. The van der Waals surface area contributed by atoms with E-state index in [9.17, 15) is 0 Å². The fraction of sp³-hybridized carbons (Fsp3) is 0.333. The number of allylic oxidation sites excluding steroid dienone is 4. The molecule has 0 saturated carbocycles. The minimum absolute atomic E-state index is 0. The summed E-state index contributed by atoms with van der Waals surface area (Å²) in [6.07, 6.45) is 8.53. The van der Waals surface area contributed by atoms with Crippen LogP contribution in [0.5, 0.6) is 5.75 Å². The van der Waals surface area contributed by atoms with Gasteiger partial charge in [0.15, 0.2) is 0 Å². The summed E-state index contributed by atoms with van der Waals surface area (Å²) in [5.74, 6) is 1.04. The number of hydrogen-bond donors (Lipinski definition) is 0. The van der Waals surface area contributed by atoms with E-state index in [2.05, 4.69) is 49.3 Å². The molecule has 0 amide bonds. The molecule has 97 valence electrons. The van der Waals surface area contributed by atoms with Crippen molar-refractivity contribution in [3.8, 4) is 5.75 Å². The molecule has 1 aliphatic carbocycles. The first-order chi connectivity index (χ1) is 7.06. The molecule has 6 heteroatoms. The van der Waals surface area contributed by atoms with Gasteiger partial charge < -0.3 is 29.2 Å². The van der Waals surface area contributed by atoms with E-state index in [1.165, 1.54) is 10.5 Å². The van der Waals surface area contributed by atoms with E-state index >= 15 is 0 Å². The number of rotatable bonds is 3. The molecule has 0 aliphatic heterocycles. The molecule has 0 aromatic carbocycles. The van der Waals surface area contributed by atoms with Crippen LogP contribution in [0.15, 0.2) is 23.6 Å². The van der Waals surface area contributed by atoms with E-state index < -0.39 is 8.32 Å². The van der Waals surface area contributed by atoms with Crippen LogP contribution < -0.4 is 29.2 Å². The molecule has 1 aliphatic rings. The van der Waals surface area contributed by atoms with Crippen molar-refractivity contribution in [1.82, 2.24) is 0 Å². The summed E-state index contributed by atoms with van der Waals surface area (Å²) in [6, 6.07) is 2.07. The Morgan fingerprint density at radius 3 is 2.44 bits per heavy atom. The maximum atomic E-state index is 6.04. The SMILES string of the molecule is C[Si](C)(C)Oc1ccsc1C1=[C-]CC=C1.[Cl-].[Cl-].[Ti+3]. The van der Waals surface area contributed by atoms with Gasteiger partial charge in [-0.2, -0.15) is 17.7 Å². The molecule has 0 unspecified atom stereocenters. The van der Waals surface area contributed by atoms with Crippen LogP contribution in [0.3, 0.4) is 0 Å². The first-order valence-electron chi connectivity index (χ1n) is 5.10. The molecule has 0 spiro atoms. The molecule has 1 aromatic heterocycles. The number of hydrogen-bond acceptors (Lipinski definition) is 2. The zero-order valence-corrected chi connectivity index (χ0v) is 15.5. The van der Waals surface area contributed by atoms with Crippen molar-refractivity contribution >= 4 is 25.2 Å². The van der Waals surface area contributed by atoms with Crippen molar-refractivity contribution in [2.75, 3.05) is 0 Å². The second-order valence-corrected chi connectivity index (χ2v) is 9.87. The molecule has 0 N–H and O–H groups in total. The van der Waals surface area contributed by atoms with Crippen molar-refractivity contribution < 1.29 is 51.0 Å². The van der Waals surface area contributed by atoms with Crippen LogP contribution >= 0.6 is 11.3 Å². The molecule has 2 rings (SSSR count). The minimum Gasteiger partial charge on any atom is -1.00 e. The standard InChI is InChI=1S/C12H15OSSi.2ClH.Ti/c1-15(2,3)13-11-8-9-14-12(11)10-6-4-5-7-10;;;/h4,6,8-9H,5H2,1-3H3;2*1H;/q-1;;;+3/p-2. The van der Waals surface area contributed by atoms with E-state index in [1.54, 1.807) is 11.3 Å². The zero-order chi connectivity index (χ0) is 10.9. The van der Waals surface area contributed by atoms with Crippen LogP contribution in [0.25, 0.3) is 5.57 Å². The summed E-state index contributed by atoms with van der Waals surface area (Å²) < 4.78 is 6.04. The van der Waals surface area contributed by atoms with Gasteiger partial charge in [0.1, 0.15) is 0 Å². The van der Waals surface area contributed by atoms with Crippen LogP contribution in [-0.2, 0) is 21.7 Å². The normalized spacial score (nSPS) is 12.9. The van der Waals surface area contributed by atoms with Gasteiger partial charge in [0.05, 0.1) is 5.75 Å². The number of thiophene rings is 1. The second kappa shape index (κ2) is 8.62. The van der Waals surface area contributed by atoms with Gasteiger partial charge in [0.2, 0.25) is 8.32 Å². The predicted molar refractivity (Wildman–Crippen MR) is 68.7 cm³/mol. The molecule has 1 heterocycles. The third-order valence-corrected chi connectivity index (χ3v) is 3.75. The van der Waals surface area contributed by atoms with Crippen LogP contribution in [-0.4, -0.2) is 8.32 Å². The first-order valence-corrected chi connectivity index (χ1v) is 9.39. The van der Waals surface area contributed by atoms with Crippen LogP contribution in [0.1, 0.15) is 11.3 Å². The number of halogens is 2. The molecule has 1 aromatic rings. The van der Waals surface area contributed by atoms with Crippen molar-refractivity contribution in [2.45, 2.75) is 26.1 Å². The Morgan fingerprint density at radius 2 is 1.94 bits per heavy atom. The molecule has 1 radical (unpaired) electrons. The summed E-state index contributed by atoms with van der Waals surface area (Å²) in [5, 5.41) is 2.09. The quantitative estimate of drug-likeness (QED) is 0.456. The maximum absolute atomic E-state index is 6.04. The van der Waals surface area contributed by atoms with Gasteiger partial charge in [-0.25, -0.2) is 11.3 Å². The molecule has 0 saturated heterocycles. The first kappa shape index (κ1) is 20.8. The Hall–Kier alpha value is 0.491. The van der Waals surface area contributed by atoms with Crippen LogP contribution in [0, 0.1) is 6.08 Å².